The Hall–Kier alpha value is 0.400. The topological polar surface area (TPSA) is 40.5 Å². The van der Waals surface area contributed by atoms with E-state index in [0.29, 0.717) is 5.92 Å². The second kappa shape index (κ2) is 3.87. The molecule has 0 aromatic heterocycles. The maximum absolute atomic E-state index is 9.40. The highest BCUT2D eigenvalue weighted by Crippen LogP contribution is 2.56. The first-order valence-electron chi connectivity index (χ1n) is 4.82. The summed E-state index contributed by atoms with van der Waals surface area (Å²) in [5, 5.41) is 19.5. The molecule has 0 unspecified atom stereocenters. The van der Waals surface area contributed by atoms with Crippen LogP contribution in [-0.4, -0.2) is 28.8 Å². The highest BCUT2D eigenvalue weighted by atomic mass is 79.9. The van der Waals surface area contributed by atoms with Gasteiger partial charge in [-0.25, -0.2) is 0 Å². The number of aliphatic hydroxyl groups is 2. The fourth-order valence-electron chi connectivity index (χ4n) is 2.41. The lowest BCUT2D eigenvalue weighted by molar-refractivity contribution is 0.0149. The van der Waals surface area contributed by atoms with Crippen molar-refractivity contribution in [3.05, 3.63) is 0 Å². The van der Waals surface area contributed by atoms with Gasteiger partial charge in [-0.1, -0.05) is 29.8 Å². The summed E-state index contributed by atoms with van der Waals surface area (Å²) in [6.07, 6.45) is 2.03. The number of rotatable bonds is 3. The maximum atomic E-state index is 9.40. The Balaban J connectivity index is 2.91. The predicted octanol–water partition coefficient (Wildman–Crippen LogP) is 1.79. The largest absolute Gasteiger partial charge is 0.396 e. The van der Waals surface area contributed by atoms with E-state index in [-0.39, 0.29) is 24.0 Å². The van der Waals surface area contributed by atoms with E-state index in [2.05, 4.69) is 29.8 Å². The molecule has 1 rings (SSSR count). The average Bonchev–Trinajstić information content (AvgIpc) is 2.41. The first-order valence-corrected chi connectivity index (χ1v) is 5.94. The lowest BCUT2D eigenvalue weighted by atomic mass is 9.66. The van der Waals surface area contributed by atoms with E-state index in [1.54, 1.807) is 0 Å². The van der Waals surface area contributed by atoms with Crippen molar-refractivity contribution in [3.63, 3.8) is 0 Å². The van der Waals surface area contributed by atoms with Crippen LogP contribution < -0.4 is 0 Å². The molecule has 1 fully saturated rings. The number of hydrogen-bond acceptors (Lipinski definition) is 2. The summed E-state index contributed by atoms with van der Waals surface area (Å²) in [7, 11) is 0. The van der Waals surface area contributed by atoms with Gasteiger partial charge in [0, 0.05) is 18.5 Å². The SMILES string of the molecule is C[C@@]1(CO)CC[C@H](CO)[C@@]1(C)CBr. The molecule has 1 aliphatic carbocycles. The summed E-state index contributed by atoms with van der Waals surface area (Å²) in [5.41, 5.74) is -0.0135. The lowest BCUT2D eigenvalue weighted by Crippen LogP contribution is -2.42. The third-order valence-corrected chi connectivity index (χ3v) is 5.34. The Labute approximate surface area is 88.5 Å². The van der Waals surface area contributed by atoms with Gasteiger partial charge in [-0.05, 0) is 29.6 Å². The molecule has 0 saturated heterocycles. The van der Waals surface area contributed by atoms with E-state index >= 15 is 0 Å². The Morgan fingerprint density at radius 3 is 2.38 bits per heavy atom. The molecule has 0 spiro atoms. The fraction of sp³-hybridized carbons (Fsp3) is 1.00. The van der Waals surface area contributed by atoms with Crippen molar-refractivity contribution < 1.29 is 10.2 Å². The number of halogens is 1. The van der Waals surface area contributed by atoms with E-state index in [1.165, 1.54) is 0 Å². The molecule has 0 heterocycles. The standard InChI is InChI=1S/C10H19BrO2/c1-9(7-13)4-3-8(5-12)10(9,2)6-11/h8,12-13H,3-7H2,1-2H3/t8-,9+,10-/m1/s1. The molecule has 78 valence electrons. The summed E-state index contributed by atoms with van der Waals surface area (Å²) in [6.45, 7) is 4.72. The molecule has 3 heteroatoms. The second-order valence-corrected chi connectivity index (χ2v) is 5.25. The van der Waals surface area contributed by atoms with Crippen LogP contribution >= 0.6 is 15.9 Å². The fourth-order valence-corrected chi connectivity index (χ4v) is 3.55. The summed E-state index contributed by atoms with van der Waals surface area (Å²) >= 11 is 3.51. The predicted molar refractivity (Wildman–Crippen MR) is 56.9 cm³/mol. The van der Waals surface area contributed by atoms with Gasteiger partial charge in [0.2, 0.25) is 0 Å². The van der Waals surface area contributed by atoms with Crippen LogP contribution in [0.4, 0.5) is 0 Å². The van der Waals surface area contributed by atoms with Gasteiger partial charge in [-0.15, -0.1) is 0 Å². The molecule has 0 aromatic carbocycles. The summed E-state index contributed by atoms with van der Waals surface area (Å²) in [6, 6.07) is 0. The van der Waals surface area contributed by atoms with Gasteiger partial charge in [0.05, 0.1) is 0 Å². The molecule has 2 nitrogen and oxygen atoms in total. The third-order valence-electron chi connectivity index (χ3n) is 4.17. The molecule has 1 saturated carbocycles. The van der Waals surface area contributed by atoms with Crippen molar-refractivity contribution in [1.82, 2.24) is 0 Å². The first kappa shape index (κ1) is 11.5. The molecule has 0 bridgehead atoms. The van der Waals surface area contributed by atoms with Gasteiger partial charge in [0.15, 0.2) is 0 Å². The van der Waals surface area contributed by atoms with Gasteiger partial charge < -0.3 is 10.2 Å². The van der Waals surface area contributed by atoms with E-state index in [4.69, 9.17) is 0 Å². The third kappa shape index (κ3) is 1.55. The quantitative estimate of drug-likeness (QED) is 0.751. The normalized spacial score (nSPS) is 45.5. The molecule has 0 aliphatic heterocycles. The van der Waals surface area contributed by atoms with Crippen molar-refractivity contribution in [2.45, 2.75) is 26.7 Å². The minimum atomic E-state index is -0.0378. The molecule has 0 amide bonds. The first-order chi connectivity index (χ1) is 6.04. The van der Waals surface area contributed by atoms with E-state index in [9.17, 15) is 10.2 Å². The van der Waals surface area contributed by atoms with Crippen molar-refractivity contribution in [2.24, 2.45) is 16.7 Å². The zero-order valence-corrected chi connectivity index (χ0v) is 9.97. The zero-order valence-electron chi connectivity index (χ0n) is 8.39. The van der Waals surface area contributed by atoms with Crippen LogP contribution in [0.25, 0.3) is 0 Å². The number of aliphatic hydroxyl groups excluding tert-OH is 2. The molecule has 13 heavy (non-hydrogen) atoms. The van der Waals surface area contributed by atoms with Crippen LogP contribution in [0.3, 0.4) is 0 Å². The Kier molecular flexibility index (Phi) is 3.42. The van der Waals surface area contributed by atoms with Crippen LogP contribution in [0.5, 0.6) is 0 Å². The number of hydrogen-bond donors (Lipinski definition) is 2. The highest BCUT2D eigenvalue weighted by Gasteiger charge is 2.52. The van der Waals surface area contributed by atoms with Crippen molar-refractivity contribution in [2.75, 3.05) is 18.5 Å². The van der Waals surface area contributed by atoms with Gasteiger partial charge in [0.1, 0.15) is 0 Å². The monoisotopic (exact) mass is 250 g/mol. The van der Waals surface area contributed by atoms with Gasteiger partial charge in [-0.2, -0.15) is 0 Å². The zero-order chi connectivity index (χ0) is 10.1. The Morgan fingerprint density at radius 1 is 1.38 bits per heavy atom. The molecular formula is C10H19BrO2. The Bertz CT molecular complexity index is 186. The molecule has 1 aliphatic rings. The molecule has 0 aromatic rings. The summed E-state index contributed by atoms with van der Waals surface area (Å²) < 4.78 is 0. The summed E-state index contributed by atoms with van der Waals surface area (Å²) in [4.78, 5) is 0. The molecular weight excluding hydrogens is 232 g/mol. The number of alkyl halides is 1. The van der Waals surface area contributed by atoms with Crippen LogP contribution in [0.2, 0.25) is 0 Å². The minimum absolute atomic E-state index is 0.0243. The smallest absolute Gasteiger partial charge is 0.0490 e. The van der Waals surface area contributed by atoms with Gasteiger partial charge in [-0.3, -0.25) is 0 Å². The molecule has 2 N–H and O–H groups in total. The average molecular weight is 251 g/mol. The maximum Gasteiger partial charge on any atom is 0.0490 e. The summed E-state index contributed by atoms with van der Waals surface area (Å²) in [5.74, 6) is 0.323. The van der Waals surface area contributed by atoms with Crippen molar-refractivity contribution in [1.29, 1.82) is 0 Å². The van der Waals surface area contributed by atoms with Crippen LogP contribution in [-0.2, 0) is 0 Å². The van der Waals surface area contributed by atoms with E-state index in [0.717, 1.165) is 18.2 Å². The van der Waals surface area contributed by atoms with E-state index < -0.39 is 0 Å². The second-order valence-electron chi connectivity index (χ2n) is 4.69. The highest BCUT2D eigenvalue weighted by molar-refractivity contribution is 9.09. The van der Waals surface area contributed by atoms with E-state index in [1.807, 2.05) is 0 Å². The minimum Gasteiger partial charge on any atom is -0.396 e. The van der Waals surface area contributed by atoms with Crippen LogP contribution in [0.1, 0.15) is 26.7 Å². The van der Waals surface area contributed by atoms with Crippen LogP contribution in [0.15, 0.2) is 0 Å². The van der Waals surface area contributed by atoms with Gasteiger partial charge in [0.25, 0.3) is 0 Å². The lowest BCUT2D eigenvalue weighted by Gasteiger charge is -2.42. The Morgan fingerprint density at radius 2 is 2.00 bits per heavy atom. The van der Waals surface area contributed by atoms with Crippen molar-refractivity contribution >= 4 is 15.9 Å². The van der Waals surface area contributed by atoms with Crippen LogP contribution in [0, 0.1) is 16.7 Å². The molecule has 3 atom stereocenters. The van der Waals surface area contributed by atoms with Gasteiger partial charge >= 0.3 is 0 Å². The van der Waals surface area contributed by atoms with Crippen molar-refractivity contribution in [3.8, 4) is 0 Å². The molecule has 0 radical (unpaired) electrons.